The standard InChI is InChI=1S/C19H35NO4/c1-13(2)12-22-18(21)11-17-10-16(23-19(6,7)24-17)8-9-20-15(5)14(3)4/h13-14,16-17,20H,5,8-12H2,1-4,6-7H3/t16-,17-/m1/s1. The van der Waals surface area contributed by atoms with E-state index in [9.17, 15) is 4.79 Å². The summed E-state index contributed by atoms with van der Waals surface area (Å²) in [5.74, 6) is -0.119. The van der Waals surface area contributed by atoms with Gasteiger partial charge in [-0.25, -0.2) is 0 Å². The Balaban J connectivity index is 2.45. The maximum atomic E-state index is 11.9. The molecule has 0 bridgehead atoms. The fourth-order valence-corrected chi connectivity index (χ4v) is 2.62. The van der Waals surface area contributed by atoms with Crippen LogP contribution < -0.4 is 5.32 Å². The molecule has 1 aliphatic rings. The summed E-state index contributed by atoms with van der Waals surface area (Å²) in [5.41, 5.74) is 1.04. The van der Waals surface area contributed by atoms with Crippen molar-refractivity contribution in [3.8, 4) is 0 Å². The maximum absolute atomic E-state index is 11.9. The second-order valence-corrected chi connectivity index (χ2v) is 7.79. The summed E-state index contributed by atoms with van der Waals surface area (Å²) < 4.78 is 17.1. The molecule has 0 aromatic heterocycles. The number of rotatable bonds is 9. The zero-order valence-corrected chi connectivity index (χ0v) is 16.2. The van der Waals surface area contributed by atoms with Gasteiger partial charge in [0.2, 0.25) is 0 Å². The van der Waals surface area contributed by atoms with Crippen molar-refractivity contribution in [1.82, 2.24) is 5.32 Å². The van der Waals surface area contributed by atoms with Crippen LogP contribution in [0.1, 0.15) is 60.8 Å². The monoisotopic (exact) mass is 341 g/mol. The van der Waals surface area contributed by atoms with Crippen LogP contribution >= 0.6 is 0 Å². The van der Waals surface area contributed by atoms with Crippen molar-refractivity contribution in [2.45, 2.75) is 78.8 Å². The number of hydrogen-bond donors (Lipinski definition) is 1. The third-order valence-electron chi connectivity index (χ3n) is 3.91. The van der Waals surface area contributed by atoms with Gasteiger partial charge >= 0.3 is 5.97 Å². The minimum absolute atomic E-state index is 0.0594. The summed E-state index contributed by atoms with van der Waals surface area (Å²) in [6, 6.07) is 0. The van der Waals surface area contributed by atoms with Crippen molar-refractivity contribution in [3.05, 3.63) is 12.3 Å². The summed E-state index contributed by atoms with van der Waals surface area (Å²) in [5, 5.41) is 3.34. The molecule has 1 N–H and O–H groups in total. The Morgan fingerprint density at radius 1 is 1.25 bits per heavy atom. The highest BCUT2D eigenvalue weighted by Crippen LogP contribution is 2.29. The van der Waals surface area contributed by atoms with Gasteiger partial charge in [-0.05, 0) is 32.1 Å². The molecule has 0 saturated carbocycles. The molecule has 0 unspecified atom stereocenters. The van der Waals surface area contributed by atoms with E-state index in [4.69, 9.17) is 14.2 Å². The van der Waals surface area contributed by atoms with Gasteiger partial charge in [-0.15, -0.1) is 0 Å². The molecular formula is C19H35NO4. The first-order valence-corrected chi connectivity index (χ1v) is 9.03. The van der Waals surface area contributed by atoms with Gasteiger partial charge < -0.3 is 19.5 Å². The third-order valence-corrected chi connectivity index (χ3v) is 3.91. The Morgan fingerprint density at radius 3 is 2.46 bits per heavy atom. The maximum Gasteiger partial charge on any atom is 0.308 e. The van der Waals surface area contributed by atoms with E-state index in [0.29, 0.717) is 24.9 Å². The number of nitrogens with one attached hydrogen (secondary N) is 1. The van der Waals surface area contributed by atoms with Crippen LogP contribution in [0.15, 0.2) is 12.3 Å². The predicted octanol–water partition coefficient (Wildman–Crippen LogP) is 3.64. The molecule has 1 rings (SSSR count). The van der Waals surface area contributed by atoms with E-state index in [0.717, 1.165) is 18.7 Å². The van der Waals surface area contributed by atoms with Crippen molar-refractivity contribution < 1.29 is 19.0 Å². The first kappa shape index (κ1) is 21.0. The lowest BCUT2D eigenvalue weighted by atomic mass is 10.0. The van der Waals surface area contributed by atoms with E-state index >= 15 is 0 Å². The lowest BCUT2D eigenvalue weighted by molar-refractivity contribution is -0.300. The van der Waals surface area contributed by atoms with Crippen molar-refractivity contribution in [2.75, 3.05) is 13.2 Å². The molecule has 0 spiro atoms. The Morgan fingerprint density at radius 2 is 1.88 bits per heavy atom. The van der Waals surface area contributed by atoms with E-state index < -0.39 is 5.79 Å². The molecule has 5 nitrogen and oxygen atoms in total. The highest BCUT2D eigenvalue weighted by Gasteiger charge is 2.36. The molecule has 24 heavy (non-hydrogen) atoms. The largest absolute Gasteiger partial charge is 0.465 e. The van der Waals surface area contributed by atoms with Gasteiger partial charge in [-0.2, -0.15) is 0 Å². The number of carbonyl (C=O) groups is 1. The molecule has 0 aromatic carbocycles. The van der Waals surface area contributed by atoms with Crippen LogP contribution in [0.2, 0.25) is 0 Å². The van der Waals surface area contributed by atoms with Crippen molar-refractivity contribution in [1.29, 1.82) is 0 Å². The molecule has 1 heterocycles. The van der Waals surface area contributed by atoms with Crippen LogP contribution in [-0.4, -0.2) is 37.1 Å². The normalized spacial score (nSPS) is 23.3. The highest BCUT2D eigenvalue weighted by atomic mass is 16.7. The molecule has 140 valence electrons. The van der Waals surface area contributed by atoms with Crippen LogP contribution in [0.3, 0.4) is 0 Å². The summed E-state index contributed by atoms with van der Waals surface area (Å²) in [4.78, 5) is 11.9. The summed E-state index contributed by atoms with van der Waals surface area (Å²) in [6.45, 7) is 17.3. The summed E-state index contributed by atoms with van der Waals surface area (Å²) in [6.07, 6.45) is 1.74. The number of allylic oxidation sites excluding steroid dienone is 1. The van der Waals surface area contributed by atoms with Crippen molar-refractivity contribution >= 4 is 5.97 Å². The number of esters is 1. The lowest BCUT2D eigenvalue weighted by Crippen LogP contribution is -2.46. The fourth-order valence-electron chi connectivity index (χ4n) is 2.62. The first-order chi connectivity index (χ1) is 11.1. The second kappa shape index (κ2) is 9.42. The Kier molecular flexibility index (Phi) is 8.23. The average Bonchev–Trinajstić information content (AvgIpc) is 2.43. The Labute approximate surface area is 147 Å². The van der Waals surface area contributed by atoms with Gasteiger partial charge in [0.25, 0.3) is 0 Å². The van der Waals surface area contributed by atoms with E-state index in [-0.39, 0.29) is 24.6 Å². The second-order valence-electron chi connectivity index (χ2n) is 7.79. The van der Waals surface area contributed by atoms with Gasteiger partial charge in [-0.3, -0.25) is 4.79 Å². The molecule has 1 fully saturated rings. The van der Waals surface area contributed by atoms with Gasteiger partial charge in [0, 0.05) is 18.7 Å². The SMILES string of the molecule is C=C(NCC[C@@H]1C[C@H](CC(=O)OCC(C)C)OC(C)(C)O1)C(C)C. The van der Waals surface area contributed by atoms with Crippen LogP contribution in [0, 0.1) is 11.8 Å². The lowest BCUT2D eigenvalue weighted by Gasteiger charge is -2.40. The topological polar surface area (TPSA) is 56.8 Å². The molecule has 5 heteroatoms. The minimum Gasteiger partial charge on any atom is -0.465 e. The molecular weight excluding hydrogens is 306 g/mol. The number of carbonyl (C=O) groups excluding carboxylic acids is 1. The molecule has 2 atom stereocenters. The zero-order chi connectivity index (χ0) is 18.3. The minimum atomic E-state index is -0.680. The van der Waals surface area contributed by atoms with Crippen molar-refractivity contribution in [3.63, 3.8) is 0 Å². The van der Waals surface area contributed by atoms with Gasteiger partial charge in [0.15, 0.2) is 5.79 Å². The third kappa shape index (κ3) is 8.15. The first-order valence-electron chi connectivity index (χ1n) is 9.03. The van der Waals surface area contributed by atoms with Gasteiger partial charge in [-0.1, -0.05) is 34.3 Å². The van der Waals surface area contributed by atoms with Crippen molar-refractivity contribution in [2.24, 2.45) is 11.8 Å². The van der Waals surface area contributed by atoms with Crippen LogP contribution in [0.4, 0.5) is 0 Å². The van der Waals surface area contributed by atoms with Gasteiger partial charge in [0.1, 0.15) is 0 Å². The molecule has 0 aliphatic carbocycles. The van der Waals surface area contributed by atoms with E-state index in [1.807, 2.05) is 27.7 Å². The summed E-state index contributed by atoms with van der Waals surface area (Å²) >= 11 is 0. The predicted molar refractivity (Wildman–Crippen MR) is 95.5 cm³/mol. The summed E-state index contributed by atoms with van der Waals surface area (Å²) in [7, 11) is 0. The van der Waals surface area contributed by atoms with Crippen LogP contribution in [-0.2, 0) is 19.0 Å². The van der Waals surface area contributed by atoms with E-state index in [1.165, 1.54) is 0 Å². The van der Waals surface area contributed by atoms with Crippen LogP contribution in [0.25, 0.3) is 0 Å². The zero-order valence-electron chi connectivity index (χ0n) is 16.2. The molecule has 0 radical (unpaired) electrons. The number of hydrogen-bond acceptors (Lipinski definition) is 5. The molecule has 0 amide bonds. The Bertz CT molecular complexity index is 418. The van der Waals surface area contributed by atoms with E-state index in [2.05, 4.69) is 25.7 Å². The van der Waals surface area contributed by atoms with E-state index in [1.54, 1.807) is 0 Å². The van der Waals surface area contributed by atoms with Crippen LogP contribution in [0.5, 0.6) is 0 Å². The molecule has 1 aliphatic heterocycles. The highest BCUT2D eigenvalue weighted by molar-refractivity contribution is 5.70. The average molecular weight is 341 g/mol. The quantitative estimate of drug-likeness (QED) is 0.649. The fraction of sp³-hybridized carbons (Fsp3) is 0.842. The van der Waals surface area contributed by atoms with Gasteiger partial charge in [0.05, 0.1) is 25.2 Å². The smallest absolute Gasteiger partial charge is 0.308 e. The molecule has 1 saturated heterocycles. The Hall–Kier alpha value is -1.07. The number of ether oxygens (including phenoxy) is 3. The molecule has 0 aromatic rings.